The van der Waals surface area contributed by atoms with Crippen molar-refractivity contribution < 1.29 is 28.2 Å². The van der Waals surface area contributed by atoms with Gasteiger partial charge in [0.2, 0.25) is 6.29 Å². The summed E-state index contributed by atoms with van der Waals surface area (Å²) in [5, 5.41) is 0. The molecule has 2 bridgehead atoms. The minimum absolute atomic E-state index is 0.0755. The van der Waals surface area contributed by atoms with Gasteiger partial charge in [-0.2, -0.15) is 0 Å². The average Bonchev–Trinajstić information content (AvgIpc) is 3.33. The van der Waals surface area contributed by atoms with Crippen LogP contribution >= 0.6 is 0 Å². The third kappa shape index (κ3) is 1.94. The van der Waals surface area contributed by atoms with Gasteiger partial charge in [0.25, 0.3) is 0 Å². The first-order valence-corrected chi connectivity index (χ1v) is 9.40. The number of furan rings is 1. The zero-order valence-corrected chi connectivity index (χ0v) is 15.2. The van der Waals surface area contributed by atoms with Gasteiger partial charge in [-0.25, -0.2) is 4.79 Å². The van der Waals surface area contributed by atoms with E-state index in [1.165, 1.54) is 7.11 Å². The highest BCUT2D eigenvalue weighted by Gasteiger charge is 2.72. The molecule has 2 aliphatic carbocycles. The fourth-order valence-corrected chi connectivity index (χ4v) is 5.90. The second-order valence-electron chi connectivity index (χ2n) is 7.98. The second-order valence-corrected chi connectivity index (χ2v) is 7.98. The number of hydrogen-bond acceptors (Lipinski definition) is 6. The molecule has 0 N–H and O–H groups in total. The van der Waals surface area contributed by atoms with Crippen molar-refractivity contribution in [1.29, 1.82) is 0 Å². The van der Waals surface area contributed by atoms with Crippen molar-refractivity contribution in [2.45, 2.75) is 44.5 Å². The monoisotopic (exact) mass is 370 g/mol. The molecule has 0 radical (unpaired) electrons. The molecule has 0 unspecified atom stereocenters. The van der Waals surface area contributed by atoms with Crippen LogP contribution in [0.5, 0.6) is 0 Å². The van der Waals surface area contributed by atoms with E-state index in [2.05, 4.69) is 6.58 Å². The van der Waals surface area contributed by atoms with Gasteiger partial charge >= 0.3 is 11.9 Å². The van der Waals surface area contributed by atoms with Crippen LogP contribution in [0.3, 0.4) is 0 Å². The maximum Gasteiger partial charge on any atom is 0.334 e. The zero-order chi connectivity index (χ0) is 18.8. The van der Waals surface area contributed by atoms with Crippen LogP contribution in [0.2, 0.25) is 0 Å². The highest BCUT2D eigenvalue weighted by atomic mass is 16.7. The summed E-state index contributed by atoms with van der Waals surface area (Å²) in [6.07, 6.45) is 7.63. The van der Waals surface area contributed by atoms with E-state index >= 15 is 0 Å². The Labute approximate surface area is 157 Å². The van der Waals surface area contributed by atoms with Crippen molar-refractivity contribution in [3.05, 3.63) is 48.0 Å². The van der Waals surface area contributed by atoms with Crippen LogP contribution in [0, 0.1) is 16.7 Å². The minimum Gasteiger partial charge on any atom is -0.472 e. The van der Waals surface area contributed by atoms with Gasteiger partial charge < -0.3 is 18.6 Å². The van der Waals surface area contributed by atoms with Crippen LogP contribution in [-0.2, 0) is 23.8 Å². The summed E-state index contributed by atoms with van der Waals surface area (Å²) in [6.45, 7) is 4.36. The van der Waals surface area contributed by atoms with Crippen LogP contribution in [0.4, 0.5) is 0 Å². The summed E-state index contributed by atoms with van der Waals surface area (Å²) >= 11 is 0. The van der Waals surface area contributed by atoms with Gasteiger partial charge in [0.1, 0.15) is 5.41 Å². The van der Waals surface area contributed by atoms with E-state index in [9.17, 15) is 9.59 Å². The summed E-state index contributed by atoms with van der Waals surface area (Å²) in [6, 6.07) is 1.87. The van der Waals surface area contributed by atoms with Crippen molar-refractivity contribution >= 4 is 11.9 Å². The summed E-state index contributed by atoms with van der Waals surface area (Å²) < 4.78 is 22.3. The molecule has 3 heterocycles. The standard InChI is InChI=1S/C21H22O6/c1-12-6-8-20-14(17(22)24-2)4-3-5-16(20)21(12)10-15(13-7-9-25-11-13)26-19(21)27-18(20)23/h4,7,9,11,15-16,19H,1,3,5-6,8,10H2,2H3/t15-,16-,19+,20+,21+/m1/s1. The molecule has 5 atom stereocenters. The van der Waals surface area contributed by atoms with E-state index < -0.39 is 23.1 Å². The Bertz CT molecular complexity index is 852. The Kier molecular flexibility index (Phi) is 3.47. The molecule has 4 aliphatic rings. The molecule has 3 fully saturated rings. The van der Waals surface area contributed by atoms with Crippen molar-refractivity contribution in [2.75, 3.05) is 7.11 Å². The molecule has 27 heavy (non-hydrogen) atoms. The van der Waals surface area contributed by atoms with Crippen LogP contribution in [0.25, 0.3) is 0 Å². The normalized spacial score (nSPS) is 39.9. The van der Waals surface area contributed by atoms with Crippen LogP contribution in [0.15, 0.2) is 46.8 Å². The largest absolute Gasteiger partial charge is 0.472 e. The molecular weight excluding hydrogens is 348 g/mol. The van der Waals surface area contributed by atoms with E-state index in [4.69, 9.17) is 18.6 Å². The smallest absolute Gasteiger partial charge is 0.334 e. The molecule has 2 aliphatic heterocycles. The average molecular weight is 370 g/mol. The fourth-order valence-electron chi connectivity index (χ4n) is 5.90. The molecule has 6 heteroatoms. The second kappa shape index (κ2) is 5.58. The van der Waals surface area contributed by atoms with E-state index in [1.807, 2.05) is 12.1 Å². The summed E-state index contributed by atoms with van der Waals surface area (Å²) in [5.74, 6) is -0.888. The van der Waals surface area contributed by atoms with Gasteiger partial charge in [-0.1, -0.05) is 18.2 Å². The lowest BCUT2D eigenvalue weighted by atomic mass is 9.46. The quantitative estimate of drug-likeness (QED) is 0.586. The predicted octanol–water partition coefficient (Wildman–Crippen LogP) is 3.46. The van der Waals surface area contributed by atoms with Gasteiger partial charge in [0, 0.05) is 5.56 Å². The number of carbonyl (C=O) groups excluding carboxylic acids is 2. The Balaban J connectivity index is 1.64. The molecule has 1 spiro atoms. The molecule has 0 aromatic carbocycles. The van der Waals surface area contributed by atoms with Gasteiger partial charge in [-0.05, 0) is 44.1 Å². The molecule has 0 amide bonds. The van der Waals surface area contributed by atoms with E-state index in [1.54, 1.807) is 12.5 Å². The number of allylic oxidation sites excluding steroid dienone is 1. The lowest BCUT2D eigenvalue weighted by Crippen LogP contribution is -2.63. The number of ether oxygens (including phenoxy) is 3. The van der Waals surface area contributed by atoms with Gasteiger partial charge in [0.15, 0.2) is 0 Å². The van der Waals surface area contributed by atoms with Crippen molar-refractivity contribution in [1.82, 2.24) is 0 Å². The summed E-state index contributed by atoms with van der Waals surface area (Å²) in [5.41, 5.74) is 0.985. The van der Waals surface area contributed by atoms with Crippen LogP contribution < -0.4 is 0 Å². The minimum atomic E-state index is -0.961. The Morgan fingerprint density at radius 2 is 2.26 bits per heavy atom. The van der Waals surface area contributed by atoms with Gasteiger partial charge in [-0.15, -0.1) is 0 Å². The topological polar surface area (TPSA) is 75.0 Å². The Hall–Kier alpha value is -2.34. The third-order valence-corrected chi connectivity index (χ3v) is 7.11. The Morgan fingerprint density at radius 3 is 3.00 bits per heavy atom. The van der Waals surface area contributed by atoms with Crippen LogP contribution in [0.1, 0.15) is 43.8 Å². The Morgan fingerprint density at radius 1 is 1.41 bits per heavy atom. The highest BCUT2D eigenvalue weighted by Crippen LogP contribution is 2.70. The summed E-state index contributed by atoms with van der Waals surface area (Å²) in [4.78, 5) is 25.8. The highest BCUT2D eigenvalue weighted by molar-refractivity contribution is 5.99. The van der Waals surface area contributed by atoms with Crippen LogP contribution in [-0.4, -0.2) is 25.3 Å². The fraction of sp³-hybridized carbons (Fsp3) is 0.524. The maximum absolute atomic E-state index is 13.2. The lowest BCUT2D eigenvalue weighted by Gasteiger charge is -2.59. The first-order chi connectivity index (χ1) is 13.0. The first-order valence-electron chi connectivity index (χ1n) is 9.40. The number of hydrogen-bond donors (Lipinski definition) is 0. The van der Waals surface area contributed by atoms with E-state index in [0.717, 1.165) is 24.0 Å². The molecule has 1 saturated carbocycles. The number of rotatable bonds is 2. The number of carbonyl (C=O) groups is 2. The van der Waals surface area contributed by atoms with Crippen molar-refractivity contribution in [3.8, 4) is 0 Å². The molecule has 142 valence electrons. The number of esters is 2. The summed E-state index contributed by atoms with van der Waals surface area (Å²) in [7, 11) is 1.35. The van der Waals surface area contributed by atoms with Crippen molar-refractivity contribution in [2.24, 2.45) is 16.7 Å². The molecule has 6 nitrogen and oxygen atoms in total. The molecule has 2 saturated heterocycles. The first kappa shape index (κ1) is 16.8. The molecular formula is C21H22O6. The molecule has 1 aromatic heterocycles. The van der Waals surface area contributed by atoms with Gasteiger partial charge in [-0.3, -0.25) is 4.79 Å². The van der Waals surface area contributed by atoms with E-state index in [0.29, 0.717) is 24.8 Å². The predicted molar refractivity (Wildman–Crippen MR) is 93.1 cm³/mol. The molecule has 5 rings (SSSR count). The third-order valence-electron chi connectivity index (χ3n) is 7.11. The maximum atomic E-state index is 13.2. The van der Waals surface area contributed by atoms with E-state index in [-0.39, 0.29) is 18.0 Å². The zero-order valence-electron chi connectivity index (χ0n) is 15.2. The van der Waals surface area contributed by atoms with Gasteiger partial charge in [0.05, 0.1) is 36.7 Å². The molecule has 1 aromatic rings. The van der Waals surface area contributed by atoms with Crippen molar-refractivity contribution in [3.63, 3.8) is 0 Å². The lowest BCUT2D eigenvalue weighted by molar-refractivity contribution is -0.241. The number of methoxy groups -OCH3 is 1. The SMILES string of the molecule is C=C1CC[C@@]23C(=O)O[C@@H]4O[C@@H](c5ccoc5)C[C@@]14[C@@H]2CCC=C3C(=O)OC.